The van der Waals surface area contributed by atoms with Crippen molar-refractivity contribution in [1.29, 1.82) is 0 Å². The standard InChI is InChI=1S/C21H28N2/c1-6-17-7-9-18(10-8-17)19-11-13-20(14-12-19)22-23-21(15(2)3)16(4)5/h7-14,16,21-23H,2,6H2,1,3-5H3. The number of aryl methyl sites for hydroxylation is 1. The molecule has 122 valence electrons. The molecule has 23 heavy (non-hydrogen) atoms. The summed E-state index contributed by atoms with van der Waals surface area (Å²) in [5, 5.41) is 0. The van der Waals surface area contributed by atoms with Crippen LogP contribution in [0.1, 0.15) is 33.3 Å². The molecule has 1 unspecified atom stereocenters. The van der Waals surface area contributed by atoms with Gasteiger partial charge in [-0.25, -0.2) is 5.43 Å². The maximum atomic E-state index is 4.05. The fourth-order valence-electron chi connectivity index (χ4n) is 2.70. The van der Waals surface area contributed by atoms with Crippen LogP contribution in [0.5, 0.6) is 0 Å². The number of benzene rings is 2. The quantitative estimate of drug-likeness (QED) is 0.526. The molecule has 0 spiro atoms. The lowest BCUT2D eigenvalue weighted by molar-refractivity contribution is 0.477. The van der Waals surface area contributed by atoms with Gasteiger partial charge >= 0.3 is 0 Å². The van der Waals surface area contributed by atoms with E-state index in [1.54, 1.807) is 0 Å². The van der Waals surface area contributed by atoms with E-state index in [4.69, 9.17) is 0 Å². The summed E-state index contributed by atoms with van der Waals surface area (Å²) in [7, 11) is 0. The number of nitrogens with one attached hydrogen (secondary N) is 2. The van der Waals surface area contributed by atoms with Gasteiger partial charge in [-0.3, -0.25) is 0 Å². The average molecular weight is 308 g/mol. The molecule has 0 aliphatic heterocycles. The molecule has 2 heteroatoms. The Labute approximate surface area is 140 Å². The van der Waals surface area contributed by atoms with Crippen LogP contribution >= 0.6 is 0 Å². The smallest absolute Gasteiger partial charge is 0.0488 e. The van der Waals surface area contributed by atoms with Crippen LogP contribution in [0.2, 0.25) is 0 Å². The van der Waals surface area contributed by atoms with E-state index in [0.29, 0.717) is 5.92 Å². The minimum Gasteiger partial charge on any atom is -0.321 e. The van der Waals surface area contributed by atoms with Crippen molar-refractivity contribution in [2.75, 3.05) is 5.43 Å². The topological polar surface area (TPSA) is 24.1 Å². The van der Waals surface area contributed by atoms with Gasteiger partial charge in [0.2, 0.25) is 0 Å². The van der Waals surface area contributed by atoms with E-state index in [9.17, 15) is 0 Å². The highest BCUT2D eigenvalue weighted by molar-refractivity contribution is 5.66. The summed E-state index contributed by atoms with van der Waals surface area (Å²) >= 11 is 0. The van der Waals surface area contributed by atoms with Crippen LogP contribution in [-0.4, -0.2) is 6.04 Å². The highest BCUT2D eigenvalue weighted by atomic mass is 15.4. The summed E-state index contributed by atoms with van der Waals surface area (Å²) in [6.45, 7) is 12.7. The van der Waals surface area contributed by atoms with Crippen LogP contribution < -0.4 is 10.9 Å². The Kier molecular flexibility index (Phi) is 6.00. The Morgan fingerprint density at radius 3 is 1.91 bits per heavy atom. The first kappa shape index (κ1) is 17.3. The number of rotatable bonds is 7. The molecule has 0 aliphatic carbocycles. The molecule has 0 amide bonds. The third kappa shape index (κ3) is 4.70. The van der Waals surface area contributed by atoms with Crippen molar-refractivity contribution < 1.29 is 0 Å². The molecular weight excluding hydrogens is 280 g/mol. The molecule has 0 aliphatic rings. The van der Waals surface area contributed by atoms with Crippen LogP contribution in [0.3, 0.4) is 0 Å². The minimum absolute atomic E-state index is 0.260. The Balaban J connectivity index is 2.02. The molecule has 2 aromatic rings. The van der Waals surface area contributed by atoms with Crippen molar-refractivity contribution in [1.82, 2.24) is 5.43 Å². The molecule has 0 fully saturated rings. The molecule has 2 nitrogen and oxygen atoms in total. The molecule has 0 radical (unpaired) electrons. The molecule has 0 heterocycles. The van der Waals surface area contributed by atoms with Crippen LogP contribution in [-0.2, 0) is 6.42 Å². The highest BCUT2D eigenvalue weighted by Crippen LogP contribution is 2.22. The Morgan fingerprint density at radius 2 is 1.48 bits per heavy atom. The van der Waals surface area contributed by atoms with Gasteiger partial charge in [-0.2, -0.15) is 0 Å². The van der Waals surface area contributed by atoms with Gasteiger partial charge < -0.3 is 5.43 Å². The van der Waals surface area contributed by atoms with Gasteiger partial charge in [0.1, 0.15) is 0 Å². The fraction of sp³-hybridized carbons (Fsp3) is 0.333. The molecule has 0 saturated heterocycles. The van der Waals surface area contributed by atoms with Gasteiger partial charge in [-0.1, -0.05) is 69.3 Å². The first-order valence-corrected chi connectivity index (χ1v) is 8.37. The van der Waals surface area contributed by atoms with Crippen molar-refractivity contribution in [2.45, 2.75) is 40.2 Å². The summed E-state index contributed by atoms with van der Waals surface area (Å²) in [4.78, 5) is 0. The molecule has 2 aromatic carbocycles. The maximum absolute atomic E-state index is 4.05. The van der Waals surface area contributed by atoms with Gasteiger partial charge in [-0.05, 0) is 48.1 Å². The number of anilines is 1. The molecule has 0 aromatic heterocycles. The average Bonchev–Trinajstić information content (AvgIpc) is 2.55. The normalized spacial score (nSPS) is 12.2. The minimum atomic E-state index is 0.260. The van der Waals surface area contributed by atoms with Gasteiger partial charge in [0, 0.05) is 11.7 Å². The summed E-state index contributed by atoms with van der Waals surface area (Å²) in [6, 6.07) is 17.5. The number of hydrazine groups is 1. The monoisotopic (exact) mass is 308 g/mol. The highest BCUT2D eigenvalue weighted by Gasteiger charge is 2.12. The first-order chi connectivity index (χ1) is 11.0. The van der Waals surface area contributed by atoms with Gasteiger partial charge in [0.05, 0.1) is 0 Å². The van der Waals surface area contributed by atoms with Crippen molar-refractivity contribution in [3.05, 3.63) is 66.2 Å². The molecule has 2 rings (SSSR count). The fourth-order valence-corrected chi connectivity index (χ4v) is 2.70. The van der Waals surface area contributed by atoms with Crippen LogP contribution in [0.25, 0.3) is 11.1 Å². The summed E-state index contributed by atoms with van der Waals surface area (Å²) in [6.07, 6.45) is 1.08. The lowest BCUT2D eigenvalue weighted by atomic mass is 9.99. The molecule has 0 bridgehead atoms. The van der Waals surface area contributed by atoms with Crippen molar-refractivity contribution in [3.8, 4) is 11.1 Å². The Hall–Kier alpha value is -2.06. The molecule has 0 saturated carbocycles. The largest absolute Gasteiger partial charge is 0.321 e. The molecule has 1 atom stereocenters. The van der Waals surface area contributed by atoms with Crippen molar-refractivity contribution in [2.24, 2.45) is 5.92 Å². The van der Waals surface area contributed by atoms with Crippen molar-refractivity contribution in [3.63, 3.8) is 0 Å². The van der Waals surface area contributed by atoms with Gasteiger partial charge in [0.25, 0.3) is 0 Å². The third-order valence-corrected chi connectivity index (χ3v) is 4.15. The lowest BCUT2D eigenvalue weighted by Crippen LogP contribution is -2.38. The summed E-state index contributed by atoms with van der Waals surface area (Å²) in [5.74, 6) is 0.497. The van der Waals surface area contributed by atoms with E-state index in [2.05, 4.69) is 93.7 Å². The maximum Gasteiger partial charge on any atom is 0.0488 e. The zero-order valence-corrected chi connectivity index (χ0v) is 14.7. The number of hydrogen-bond acceptors (Lipinski definition) is 2. The van der Waals surface area contributed by atoms with E-state index in [1.807, 2.05) is 0 Å². The van der Waals surface area contributed by atoms with E-state index in [0.717, 1.165) is 17.7 Å². The Morgan fingerprint density at radius 1 is 0.957 bits per heavy atom. The zero-order valence-electron chi connectivity index (χ0n) is 14.7. The van der Waals surface area contributed by atoms with Crippen LogP contribution in [0, 0.1) is 5.92 Å². The van der Waals surface area contributed by atoms with E-state index in [-0.39, 0.29) is 6.04 Å². The predicted molar refractivity (Wildman–Crippen MR) is 101 cm³/mol. The van der Waals surface area contributed by atoms with Crippen molar-refractivity contribution >= 4 is 5.69 Å². The lowest BCUT2D eigenvalue weighted by Gasteiger charge is -2.23. The van der Waals surface area contributed by atoms with E-state index >= 15 is 0 Å². The van der Waals surface area contributed by atoms with Gasteiger partial charge in [0.15, 0.2) is 0 Å². The predicted octanol–water partition coefficient (Wildman–Crippen LogP) is 5.43. The second kappa shape index (κ2) is 7.98. The SMILES string of the molecule is C=C(C)C(NNc1ccc(-c2ccc(CC)cc2)cc1)C(C)C. The zero-order chi connectivity index (χ0) is 16.8. The first-order valence-electron chi connectivity index (χ1n) is 8.37. The number of hydrogen-bond donors (Lipinski definition) is 2. The summed E-state index contributed by atoms with van der Waals surface area (Å²) < 4.78 is 0. The van der Waals surface area contributed by atoms with Gasteiger partial charge in [-0.15, -0.1) is 0 Å². The Bertz CT molecular complexity index is 624. The van der Waals surface area contributed by atoms with Crippen LogP contribution in [0.15, 0.2) is 60.7 Å². The molecule has 2 N–H and O–H groups in total. The van der Waals surface area contributed by atoms with Crippen LogP contribution in [0.4, 0.5) is 5.69 Å². The van der Waals surface area contributed by atoms with E-state index < -0.39 is 0 Å². The second-order valence-electron chi connectivity index (χ2n) is 6.47. The summed E-state index contributed by atoms with van der Waals surface area (Å²) in [5.41, 5.74) is 12.7. The molecular formula is C21H28N2. The second-order valence-corrected chi connectivity index (χ2v) is 6.47. The van der Waals surface area contributed by atoms with E-state index in [1.165, 1.54) is 16.7 Å². The third-order valence-electron chi connectivity index (χ3n) is 4.15.